The quantitative estimate of drug-likeness (QED) is 0.877. The SMILES string of the molecule is CCOc1ccc(C2NC(C)C(=O)N2CC(C)SC)cc1. The Morgan fingerprint density at radius 3 is 2.62 bits per heavy atom. The van der Waals surface area contributed by atoms with Gasteiger partial charge in [-0.15, -0.1) is 0 Å². The van der Waals surface area contributed by atoms with Gasteiger partial charge in [0.15, 0.2) is 0 Å². The number of benzene rings is 1. The van der Waals surface area contributed by atoms with Crippen LogP contribution in [0.5, 0.6) is 5.75 Å². The molecule has 1 heterocycles. The summed E-state index contributed by atoms with van der Waals surface area (Å²) in [5.41, 5.74) is 1.10. The van der Waals surface area contributed by atoms with Crippen LogP contribution in [-0.4, -0.2) is 41.5 Å². The van der Waals surface area contributed by atoms with Crippen LogP contribution >= 0.6 is 11.8 Å². The molecule has 0 radical (unpaired) electrons. The van der Waals surface area contributed by atoms with Crippen molar-refractivity contribution in [3.63, 3.8) is 0 Å². The highest BCUT2D eigenvalue weighted by Gasteiger charge is 2.37. The van der Waals surface area contributed by atoms with Crippen LogP contribution in [0.15, 0.2) is 24.3 Å². The number of ether oxygens (including phenoxy) is 1. The Labute approximate surface area is 131 Å². The molecule has 0 bridgehead atoms. The van der Waals surface area contributed by atoms with Gasteiger partial charge in [-0.2, -0.15) is 11.8 Å². The molecule has 1 aromatic carbocycles. The van der Waals surface area contributed by atoms with E-state index in [4.69, 9.17) is 4.74 Å². The summed E-state index contributed by atoms with van der Waals surface area (Å²) in [4.78, 5) is 14.3. The first-order chi connectivity index (χ1) is 10.1. The second-order valence-electron chi connectivity index (χ2n) is 5.33. The third-order valence-corrected chi connectivity index (χ3v) is 4.69. The highest BCUT2D eigenvalue weighted by molar-refractivity contribution is 7.99. The van der Waals surface area contributed by atoms with E-state index in [2.05, 4.69) is 18.5 Å². The average molecular weight is 308 g/mol. The van der Waals surface area contributed by atoms with E-state index in [-0.39, 0.29) is 18.1 Å². The number of nitrogens with zero attached hydrogens (tertiary/aromatic N) is 1. The monoisotopic (exact) mass is 308 g/mol. The molecule has 1 aliphatic rings. The van der Waals surface area contributed by atoms with Crippen LogP contribution in [0, 0.1) is 0 Å². The lowest BCUT2D eigenvalue weighted by molar-refractivity contribution is -0.129. The van der Waals surface area contributed by atoms with E-state index in [1.807, 2.05) is 43.0 Å². The number of carbonyl (C=O) groups is 1. The van der Waals surface area contributed by atoms with Gasteiger partial charge in [0.25, 0.3) is 0 Å². The van der Waals surface area contributed by atoms with E-state index in [1.54, 1.807) is 11.8 Å². The molecule has 3 atom stereocenters. The predicted molar refractivity (Wildman–Crippen MR) is 87.6 cm³/mol. The third kappa shape index (κ3) is 3.71. The fourth-order valence-electron chi connectivity index (χ4n) is 2.51. The molecule has 0 spiro atoms. The van der Waals surface area contributed by atoms with Gasteiger partial charge in [-0.05, 0) is 37.8 Å². The van der Waals surface area contributed by atoms with Crippen molar-refractivity contribution >= 4 is 17.7 Å². The number of thioether (sulfide) groups is 1. The van der Waals surface area contributed by atoms with Crippen molar-refractivity contribution in [2.24, 2.45) is 0 Å². The van der Waals surface area contributed by atoms with Crippen molar-refractivity contribution < 1.29 is 9.53 Å². The summed E-state index contributed by atoms with van der Waals surface area (Å²) in [6.07, 6.45) is 2.03. The number of carbonyl (C=O) groups excluding carboxylic acids is 1. The van der Waals surface area contributed by atoms with Crippen LogP contribution in [0.1, 0.15) is 32.5 Å². The summed E-state index contributed by atoms with van der Waals surface area (Å²) in [5.74, 6) is 1.04. The van der Waals surface area contributed by atoms with E-state index < -0.39 is 0 Å². The van der Waals surface area contributed by atoms with E-state index in [1.165, 1.54) is 0 Å². The Bertz CT molecular complexity index is 478. The largest absolute Gasteiger partial charge is 0.494 e. The summed E-state index contributed by atoms with van der Waals surface area (Å²) in [6, 6.07) is 7.86. The minimum absolute atomic E-state index is 0.0437. The summed E-state index contributed by atoms with van der Waals surface area (Å²) in [5, 5.41) is 3.80. The Morgan fingerprint density at radius 2 is 2.05 bits per heavy atom. The van der Waals surface area contributed by atoms with E-state index in [0.717, 1.165) is 17.9 Å². The third-order valence-electron chi connectivity index (χ3n) is 3.74. The van der Waals surface area contributed by atoms with E-state index in [0.29, 0.717) is 11.9 Å². The lowest BCUT2D eigenvalue weighted by Gasteiger charge is -2.27. The standard InChI is InChI=1S/C16H24N2O2S/c1-5-20-14-8-6-13(7-9-14)15-17-12(3)16(19)18(15)10-11(2)21-4/h6-9,11-12,15,17H,5,10H2,1-4H3. The molecular formula is C16H24N2O2S. The first-order valence-corrected chi connectivity index (χ1v) is 8.67. The molecule has 1 fully saturated rings. The van der Waals surface area contributed by atoms with Gasteiger partial charge >= 0.3 is 0 Å². The topological polar surface area (TPSA) is 41.6 Å². The summed E-state index contributed by atoms with van der Waals surface area (Å²) < 4.78 is 5.47. The first-order valence-electron chi connectivity index (χ1n) is 7.39. The minimum atomic E-state index is -0.129. The van der Waals surface area contributed by atoms with Crippen LogP contribution in [0.25, 0.3) is 0 Å². The van der Waals surface area contributed by atoms with E-state index >= 15 is 0 Å². The fourth-order valence-corrected chi connectivity index (χ4v) is 2.82. The van der Waals surface area contributed by atoms with Gasteiger partial charge in [-0.3, -0.25) is 10.1 Å². The molecule has 4 nitrogen and oxygen atoms in total. The summed E-state index contributed by atoms with van der Waals surface area (Å²) in [6.45, 7) is 7.46. The summed E-state index contributed by atoms with van der Waals surface area (Å²) >= 11 is 1.78. The molecule has 1 aliphatic heterocycles. The zero-order valence-electron chi connectivity index (χ0n) is 13.1. The molecule has 2 rings (SSSR count). The van der Waals surface area contributed by atoms with Gasteiger partial charge in [0.2, 0.25) is 5.91 Å². The molecule has 116 valence electrons. The molecule has 1 amide bonds. The van der Waals surface area contributed by atoms with Gasteiger partial charge in [0.05, 0.1) is 12.6 Å². The van der Waals surface area contributed by atoms with Crippen LogP contribution in [0.4, 0.5) is 0 Å². The lowest BCUT2D eigenvalue weighted by Crippen LogP contribution is -2.35. The molecule has 5 heteroatoms. The fraction of sp³-hybridized carbons (Fsp3) is 0.562. The number of nitrogens with one attached hydrogen (secondary N) is 1. The highest BCUT2D eigenvalue weighted by atomic mass is 32.2. The van der Waals surface area contributed by atoms with Gasteiger partial charge in [0.1, 0.15) is 11.9 Å². The van der Waals surface area contributed by atoms with Crippen molar-refractivity contribution in [2.75, 3.05) is 19.4 Å². The van der Waals surface area contributed by atoms with Crippen molar-refractivity contribution in [2.45, 2.75) is 38.2 Å². The predicted octanol–water partition coefficient (Wildman–Crippen LogP) is 2.66. The van der Waals surface area contributed by atoms with Crippen molar-refractivity contribution in [3.8, 4) is 5.75 Å². The van der Waals surface area contributed by atoms with Gasteiger partial charge in [0, 0.05) is 11.8 Å². The Kier molecular flexibility index (Phi) is 5.53. The molecule has 3 unspecified atom stereocenters. The molecule has 21 heavy (non-hydrogen) atoms. The maximum atomic E-state index is 12.3. The zero-order valence-corrected chi connectivity index (χ0v) is 13.9. The van der Waals surface area contributed by atoms with Crippen LogP contribution in [0.2, 0.25) is 0 Å². The smallest absolute Gasteiger partial charge is 0.241 e. The number of hydrogen-bond donors (Lipinski definition) is 1. The van der Waals surface area contributed by atoms with Crippen LogP contribution in [-0.2, 0) is 4.79 Å². The average Bonchev–Trinajstić information content (AvgIpc) is 2.76. The molecule has 1 N–H and O–H groups in total. The Hall–Kier alpha value is -1.20. The Balaban J connectivity index is 2.17. The maximum Gasteiger partial charge on any atom is 0.241 e. The van der Waals surface area contributed by atoms with Crippen LogP contribution in [0.3, 0.4) is 0 Å². The molecule has 0 aromatic heterocycles. The second-order valence-corrected chi connectivity index (χ2v) is 6.61. The molecule has 0 aliphatic carbocycles. The van der Waals surface area contributed by atoms with Gasteiger partial charge < -0.3 is 9.64 Å². The second kappa shape index (κ2) is 7.18. The van der Waals surface area contributed by atoms with Gasteiger partial charge in [-0.1, -0.05) is 19.1 Å². The molecule has 1 aromatic rings. The number of amides is 1. The summed E-state index contributed by atoms with van der Waals surface area (Å²) in [7, 11) is 0. The number of rotatable bonds is 6. The number of hydrogen-bond acceptors (Lipinski definition) is 4. The zero-order chi connectivity index (χ0) is 15.4. The van der Waals surface area contributed by atoms with Crippen molar-refractivity contribution in [1.82, 2.24) is 10.2 Å². The van der Waals surface area contributed by atoms with Crippen molar-refractivity contribution in [3.05, 3.63) is 29.8 Å². The van der Waals surface area contributed by atoms with Gasteiger partial charge in [-0.25, -0.2) is 0 Å². The first kappa shape index (κ1) is 16.2. The minimum Gasteiger partial charge on any atom is -0.494 e. The maximum absolute atomic E-state index is 12.3. The van der Waals surface area contributed by atoms with Crippen LogP contribution < -0.4 is 10.1 Å². The lowest BCUT2D eigenvalue weighted by atomic mass is 10.1. The van der Waals surface area contributed by atoms with E-state index in [9.17, 15) is 4.79 Å². The van der Waals surface area contributed by atoms with Crippen molar-refractivity contribution in [1.29, 1.82) is 0 Å². The molecule has 0 saturated carbocycles. The molecule has 1 saturated heterocycles. The highest BCUT2D eigenvalue weighted by Crippen LogP contribution is 2.28. The Morgan fingerprint density at radius 1 is 1.38 bits per heavy atom. The normalized spacial score (nSPS) is 23.4. The molecular weight excluding hydrogens is 284 g/mol.